The van der Waals surface area contributed by atoms with E-state index in [1.165, 1.54) is 13.4 Å². The Kier molecular flexibility index (Phi) is 5.72. The lowest BCUT2D eigenvalue weighted by Gasteiger charge is -2.13. The van der Waals surface area contributed by atoms with Crippen LogP contribution in [0.4, 0.5) is 0 Å². The molecule has 5 heteroatoms. The predicted molar refractivity (Wildman–Crippen MR) is 64.9 cm³/mol. The van der Waals surface area contributed by atoms with Gasteiger partial charge in [-0.3, -0.25) is 0 Å². The van der Waals surface area contributed by atoms with E-state index in [4.69, 9.17) is 4.42 Å². The summed E-state index contributed by atoms with van der Waals surface area (Å²) in [5, 5.41) is 3.26. The first kappa shape index (κ1) is 13.7. The minimum atomic E-state index is -0.433. The SMILES string of the molecule is CCN(C)CCNCc1ccoc1C(=O)OC. The van der Waals surface area contributed by atoms with Crippen molar-refractivity contribution in [2.24, 2.45) is 0 Å². The first-order valence-electron chi connectivity index (χ1n) is 5.73. The van der Waals surface area contributed by atoms with Crippen LogP contribution in [0.2, 0.25) is 0 Å². The Balaban J connectivity index is 2.37. The topological polar surface area (TPSA) is 54.7 Å². The Morgan fingerprint density at radius 2 is 2.35 bits per heavy atom. The fourth-order valence-electron chi connectivity index (χ4n) is 1.40. The van der Waals surface area contributed by atoms with Crippen LogP contribution in [-0.4, -0.2) is 44.7 Å². The normalized spacial score (nSPS) is 10.8. The number of rotatable bonds is 7. The molecule has 0 unspecified atom stereocenters. The number of carbonyl (C=O) groups excluding carboxylic acids is 1. The van der Waals surface area contributed by atoms with Crippen molar-refractivity contribution < 1.29 is 13.9 Å². The summed E-state index contributed by atoms with van der Waals surface area (Å²) in [5.41, 5.74) is 0.830. The van der Waals surface area contributed by atoms with Crippen LogP contribution in [0.3, 0.4) is 0 Å². The molecule has 0 saturated heterocycles. The van der Waals surface area contributed by atoms with Gasteiger partial charge in [0.1, 0.15) is 0 Å². The highest BCUT2D eigenvalue weighted by molar-refractivity contribution is 5.87. The minimum absolute atomic E-state index is 0.281. The van der Waals surface area contributed by atoms with Crippen LogP contribution < -0.4 is 5.32 Å². The smallest absolute Gasteiger partial charge is 0.374 e. The summed E-state index contributed by atoms with van der Waals surface area (Å²) in [6.45, 7) is 5.60. The fourth-order valence-corrected chi connectivity index (χ4v) is 1.40. The summed E-state index contributed by atoms with van der Waals surface area (Å²) in [6, 6.07) is 1.78. The van der Waals surface area contributed by atoms with Gasteiger partial charge in [-0.25, -0.2) is 4.79 Å². The van der Waals surface area contributed by atoms with Gasteiger partial charge in [-0.05, 0) is 19.7 Å². The van der Waals surface area contributed by atoms with Crippen molar-refractivity contribution in [2.45, 2.75) is 13.5 Å². The molecule has 0 radical (unpaired) electrons. The Labute approximate surface area is 102 Å². The molecular formula is C12H20N2O3. The summed E-state index contributed by atoms with van der Waals surface area (Å²) in [6.07, 6.45) is 1.50. The molecule has 0 aliphatic rings. The highest BCUT2D eigenvalue weighted by Gasteiger charge is 2.14. The number of nitrogens with one attached hydrogen (secondary N) is 1. The van der Waals surface area contributed by atoms with E-state index in [2.05, 4.69) is 28.9 Å². The molecule has 1 aromatic rings. The summed E-state index contributed by atoms with van der Waals surface area (Å²) < 4.78 is 9.72. The van der Waals surface area contributed by atoms with Gasteiger partial charge in [-0.15, -0.1) is 0 Å². The van der Waals surface area contributed by atoms with E-state index in [0.29, 0.717) is 6.54 Å². The van der Waals surface area contributed by atoms with E-state index in [9.17, 15) is 4.79 Å². The largest absolute Gasteiger partial charge is 0.463 e. The molecule has 0 aliphatic carbocycles. The number of hydrogen-bond acceptors (Lipinski definition) is 5. The average Bonchev–Trinajstić information content (AvgIpc) is 2.81. The van der Waals surface area contributed by atoms with Crippen molar-refractivity contribution in [1.82, 2.24) is 10.2 Å². The Bertz CT molecular complexity index is 349. The maximum Gasteiger partial charge on any atom is 0.374 e. The maximum absolute atomic E-state index is 11.3. The fraction of sp³-hybridized carbons (Fsp3) is 0.583. The number of hydrogen-bond donors (Lipinski definition) is 1. The average molecular weight is 240 g/mol. The number of methoxy groups -OCH3 is 1. The molecule has 0 spiro atoms. The van der Waals surface area contributed by atoms with Crippen LogP contribution in [0.15, 0.2) is 16.7 Å². The summed E-state index contributed by atoms with van der Waals surface area (Å²) in [5.74, 6) is -0.152. The van der Waals surface area contributed by atoms with Gasteiger partial charge in [0.05, 0.1) is 13.4 Å². The third-order valence-electron chi connectivity index (χ3n) is 2.64. The molecule has 1 aromatic heterocycles. The lowest BCUT2D eigenvalue weighted by atomic mass is 10.2. The number of nitrogens with zero attached hydrogens (tertiary/aromatic N) is 1. The predicted octanol–water partition coefficient (Wildman–Crippen LogP) is 1.11. The Morgan fingerprint density at radius 1 is 1.59 bits per heavy atom. The van der Waals surface area contributed by atoms with Gasteiger partial charge in [-0.1, -0.05) is 6.92 Å². The molecule has 96 valence electrons. The van der Waals surface area contributed by atoms with E-state index >= 15 is 0 Å². The number of esters is 1. The molecule has 0 aliphatic heterocycles. The van der Waals surface area contributed by atoms with Crippen molar-refractivity contribution in [1.29, 1.82) is 0 Å². The van der Waals surface area contributed by atoms with Crippen molar-refractivity contribution >= 4 is 5.97 Å². The second-order valence-corrected chi connectivity index (χ2v) is 3.84. The second-order valence-electron chi connectivity index (χ2n) is 3.84. The summed E-state index contributed by atoms with van der Waals surface area (Å²) in [7, 11) is 3.41. The molecule has 0 fully saturated rings. The van der Waals surface area contributed by atoms with Crippen molar-refractivity contribution in [3.05, 3.63) is 23.7 Å². The van der Waals surface area contributed by atoms with Crippen LogP contribution in [0.25, 0.3) is 0 Å². The van der Waals surface area contributed by atoms with Crippen LogP contribution in [-0.2, 0) is 11.3 Å². The van der Waals surface area contributed by atoms with Gasteiger partial charge in [0.15, 0.2) is 0 Å². The van der Waals surface area contributed by atoms with E-state index in [0.717, 1.165) is 25.2 Å². The summed E-state index contributed by atoms with van der Waals surface area (Å²) in [4.78, 5) is 13.5. The number of carbonyl (C=O) groups is 1. The minimum Gasteiger partial charge on any atom is -0.463 e. The molecule has 1 heterocycles. The molecule has 5 nitrogen and oxygen atoms in total. The molecule has 0 bridgehead atoms. The van der Waals surface area contributed by atoms with Crippen molar-refractivity contribution in [2.75, 3.05) is 33.8 Å². The molecule has 1 rings (SSSR count). The molecule has 0 aromatic carbocycles. The van der Waals surface area contributed by atoms with E-state index < -0.39 is 5.97 Å². The molecule has 17 heavy (non-hydrogen) atoms. The molecule has 0 amide bonds. The quantitative estimate of drug-likeness (QED) is 0.571. The monoisotopic (exact) mass is 240 g/mol. The van der Waals surface area contributed by atoms with Crippen molar-refractivity contribution in [3.63, 3.8) is 0 Å². The summed E-state index contributed by atoms with van der Waals surface area (Å²) >= 11 is 0. The van der Waals surface area contributed by atoms with Gasteiger partial charge < -0.3 is 19.4 Å². The van der Waals surface area contributed by atoms with E-state index in [1.807, 2.05) is 0 Å². The third-order valence-corrected chi connectivity index (χ3v) is 2.64. The van der Waals surface area contributed by atoms with E-state index in [-0.39, 0.29) is 5.76 Å². The third kappa shape index (κ3) is 4.20. The Hall–Kier alpha value is -1.33. The van der Waals surface area contributed by atoms with E-state index in [1.54, 1.807) is 6.07 Å². The molecule has 0 atom stereocenters. The highest BCUT2D eigenvalue weighted by Crippen LogP contribution is 2.11. The highest BCUT2D eigenvalue weighted by atomic mass is 16.5. The molecule has 1 N–H and O–H groups in total. The van der Waals surface area contributed by atoms with Crippen LogP contribution in [0.5, 0.6) is 0 Å². The lowest BCUT2D eigenvalue weighted by molar-refractivity contribution is 0.0563. The van der Waals surface area contributed by atoms with Gasteiger partial charge in [0, 0.05) is 25.2 Å². The van der Waals surface area contributed by atoms with Gasteiger partial charge in [-0.2, -0.15) is 0 Å². The zero-order valence-electron chi connectivity index (χ0n) is 10.7. The molecular weight excluding hydrogens is 220 g/mol. The van der Waals surface area contributed by atoms with Gasteiger partial charge in [0.25, 0.3) is 0 Å². The number of furan rings is 1. The van der Waals surface area contributed by atoms with Crippen LogP contribution in [0, 0.1) is 0 Å². The zero-order valence-corrected chi connectivity index (χ0v) is 10.7. The van der Waals surface area contributed by atoms with Crippen LogP contribution >= 0.6 is 0 Å². The zero-order chi connectivity index (χ0) is 12.7. The standard InChI is InChI=1S/C12H20N2O3/c1-4-14(2)7-6-13-9-10-5-8-17-11(10)12(15)16-3/h5,8,13H,4,6-7,9H2,1-3H3. The maximum atomic E-state index is 11.3. The Morgan fingerprint density at radius 3 is 3.00 bits per heavy atom. The molecule has 0 saturated carbocycles. The first-order chi connectivity index (χ1) is 8.19. The first-order valence-corrected chi connectivity index (χ1v) is 5.73. The van der Waals surface area contributed by atoms with Crippen LogP contribution in [0.1, 0.15) is 23.0 Å². The van der Waals surface area contributed by atoms with Crippen molar-refractivity contribution in [3.8, 4) is 0 Å². The van der Waals surface area contributed by atoms with Gasteiger partial charge >= 0.3 is 5.97 Å². The number of likely N-dealkylation sites (N-methyl/N-ethyl adjacent to an activating group) is 1. The number of ether oxygens (including phenoxy) is 1. The second kappa shape index (κ2) is 7.09. The lowest BCUT2D eigenvalue weighted by Crippen LogP contribution is -2.29. The van der Waals surface area contributed by atoms with Gasteiger partial charge in [0.2, 0.25) is 5.76 Å².